The Kier molecular flexibility index (Phi) is 11.4. The molecule has 3 atom stereocenters. The number of nitro groups is 1. The molecule has 5 aliphatic heterocycles. The fourth-order valence-corrected chi connectivity index (χ4v) is 13.2. The number of nitrogens with zero attached hydrogens (tertiary/aromatic N) is 5. The van der Waals surface area contributed by atoms with Crippen LogP contribution in [0.3, 0.4) is 0 Å². The highest BCUT2D eigenvalue weighted by molar-refractivity contribution is 7.90. The van der Waals surface area contributed by atoms with E-state index in [9.17, 15) is 23.3 Å². The van der Waals surface area contributed by atoms with Crippen molar-refractivity contribution in [2.45, 2.75) is 107 Å². The minimum atomic E-state index is -4.59. The average molecular weight is 945 g/mol. The van der Waals surface area contributed by atoms with Gasteiger partial charge >= 0.3 is 0 Å². The van der Waals surface area contributed by atoms with E-state index in [4.69, 9.17) is 19.2 Å². The third kappa shape index (κ3) is 8.13. The van der Waals surface area contributed by atoms with Gasteiger partial charge in [0, 0.05) is 73.8 Å². The van der Waals surface area contributed by atoms with Gasteiger partial charge in [-0.3, -0.25) is 19.8 Å². The number of benzene rings is 3. The number of hydrogen-bond donors (Lipinski definition) is 3. The molecule has 1 amide bonds. The van der Waals surface area contributed by atoms with E-state index in [-0.39, 0.29) is 34.2 Å². The van der Waals surface area contributed by atoms with Gasteiger partial charge in [0.15, 0.2) is 0 Å². The maximum atomic E-state index is 14.6. The van der Waals surface area contributed by atoms with Gasteiger partial charge in [0.1, 0.15) is 23.1 Å². The van der Waals surface area contributed by atoms with E-state index in [0.717, 1.165) is 55.9 Å². The quantitative estimate of drug-likeness (QED) is 0.0848. The predicted molar refractivity (Wildman–Crippen MR) is 259 cm³/mol. The molecule has 3 N–H and O–H groups in total. The topological polar surface area (TPSA) is 184 Å². The lowest BCUT2D eigenvalue weighted by molar-refractivity contribution is -0.384. The molecule has 17 heteroatoms. The maximum Gasteiger partial charge on any atom is 0.293 e. The number of piperidine rings is 1. The number of sulfonamides is 1. The summed E-state index contributed by atoms with van der Waals surface area (Å²) in [5, 5.41) is 16.3. The lowest BCUT2D eigenvalue weighted by atomic mass is 9.59. The molecule has 68 heavy (non-hydrogen) atoms. The molecule has 11 rings (SSSR count). The highest BCUT2D eigenvalue weighted by Gasteiger charge is 2.54. The highest BCUT2D eigenvalue weighted by Crippen LogP contribution is 2.57. The van der Waals surface area contributed by atoms with Crippen LogP contribution in [-0.4, -0.2) is 104 Å². The number of hydrogen-bond acceptors (Lipinski definition) is 13. The van der Waals surface area contributed by atoms with E-state index >= 15 is 0 Å². The van der Waals surface area contributed by atoms with Gasteiger partial charge in [-0.25, -0.2) is 13.1 Å². The van der Waals surface area contributed by atoms with Gasteiger partial charge in [0.05, 0.1) is 40.3 Å². The molecule has 16 nitrogen and oxygen atoms in total. The fraction of sp³-hybridized carbons (Fsp3) is 0.490. The van der Waals surface area contributed by atoms with Crippen molar-refractivity contribution >= 4 is 55.4 Å². The van der Waals surface area contributed by atoms with Crippen LogP contribution in [0.4, 0.5) is 28.4 Å². The molecule has 0 radical (unpaired) electrons. The number of nitrogens with one attached hydrogen (secondary N) is 3. The standard InChI is InChI=1S/C51H60N8O8S/c1-32-6-4-5-7-38(32)41-12-16-50(2,3)58(41)36-27-51(28-36)17-20-56(21-18-51)35-8-10-39(42(25-35)57-44-24-34-13-19-52-47(34)54-49(44)67-46-31-66-30-45(46)57)48(60)55-68(63,64)37-9-11-40(43(26-37)59(61)62)53-29-33-14-22-65-23-15-33/h4-11,13,19,24-26,33,36,41,45-46,53H,12,14-18,20-23,27-31H2,1-3H3,(H,52,54)(H,55,60)/t41-,45+,46+/m0/s1. The number of carbonyl (C=O) groups excluding carboxylic acids is 1. The van der Waals surface area contributed by atoms with Crippen molar-refractivity contribution in [2.24, 2.45) is 11.3 Å². The number of pyridine rings is 1. The largest absolute Gasteiger partial charge is 0.468 e. The summed E-state index contributed by atoms with van der Waals surface area (Å²) in [5.41, 5.74) is 5.83. The summed E-state index contributed by atoms with van der Waals surface area (Å²) in [6, 6.07) is 22.6. The summed E-state index contributed by atoms with van der Waals surface area (Å²) >= 11 is 0. The van der Waals surface area contributed by atoms with Gasteiger partial charge in [-0.1, -0.05) is 24.3 Å². The smallest absolute Gasteiger partial charge is 0.293 e. The van der Waals surface area contributed by atoms with Gasteiger partial charge in [-0.2, -0.15) is 4.98 Å². The van der Waals surface area contributed by atoms with Gasteiger partial charge in [-0.15, -0.1) is 0 Å². The van der Waals surface area contributed by atoms with E-state index in [0.29, 0.717) is 68.0 Å². The summed E-state index contributed by atoms with van der Waals surface area (Å²) in [6.07, 6.45) is 9.87. The third-order valence-corrected chi connectivity index (χ3v) is 17.3. The van der Waals surface area contributed by atoms with Gasteiger partial charge < -0.3 is 34.3 Å². The van der Waals surface area contributed by atoms with Crippen molar-refractivity contribution in [1.82, 2.24) is 19.6 Å². The van der Waals surface area contributed by atoms with Crippen molar-refractivity contribution in [1.29, 1.82) is 0 Å². The zero-order valence-electron chi connectivity index (χ0n) is 38.9. The number of ether oxygens (including phenoxy) is 3. The van der Waals surface area contributed by atoms with E-state index in [1.54, 1.807) is 6.07 Å². The molecule has 358 valence electrons. The number of rotatable bonds is 11. The van der Waals surface area contributed by atoms with Crippen LogP contribution in [0, 0.1) is 28.4 Å². The SMILES string of the molecule is Cc1ccccc1[C@@H]1CCC(C)(C)N1C1CC2(CCN(c3ccc(C(=O)NS(=O)(=O)c4ccc(NCC5CCOCC5)c([N+](=O)[O-])c4)c(N4c5cc6cc[nH]c6nc5O[C@@H]5COC[C@H]54)c3)CC2)C1. The summed E-state index contributed by atoms with van der Waals surface area (Å²) in [5.74, 6) is -0.227. The van der Waals surface area contributed by atoms with Crippen LogP contribution < -0.4 is 24.6 Å². The Balaban J connectivity index is 0.875. The summed E-state index contributed by atoms with van der Waals surface area (Å²) in [6.45, 7) is 11.1. The predicted octanol–water partition coefficient (Wildman–Crippen LogP) is 8.40. The number of carbonyl (C=O) groups is 1. The molecule has 1 spiro atoms. The number of nitro benzene ring substituents is 1. The lowest BCUT2D eigenvalue weighted by Gasteiger charge is -2.58. The molecule has 2 aromatic heterocycles. The number of amides is 1. The molecule has 7 heterocycles. The van der Waals surface area contributed by atoms with Gasteiger partial charge in [0.2, 0.25) is 5.88 Å². The van der Waals surface area contributed by atoms with Crippen molar-refractivity contribution in [3.05, 3.63) is 106 Å². The molecule has 5 fully saturated rings. The zero-order valence-corrected chi connectivity index (χ0v) is 39.7. The molecule has 5 aromatic rings. The first-order valence-electron chi connectivity index (χ1n) is 24.2. The van der Waals surface area contributed by atoms with Crippen LogP contribution in [0.15, 0.2) is 83.9 Å². The Bertz CT molecular complexity index is 2870. The average Bonchev–Trinajstić information content (AvgIpc) is 4.07. The van der Waals surface area contributed by atoms with Crippen LogP contribution >= 0.6 is 0 Å². The number of aromatic nitrogens is 2. The molecule has 3 aromatic carbocycles. The van der Waals surface area contributed by atoms with Crippen LogP contribution in [0.1, 0.15) is 92.7 Å². The molecule has 6 aliphatic rings. The number of likely N-dealkylation sites (tertiary alicyclic amines) is 1. The van der Waals surface area contributed by atoms with Crippen molar-refractivity contribution in [2.75, 3.05) is 61.2 Å². The molecule has 1 aliphatic carbocycles. The Morgan fingerprint density at radius 1 is 0.941 bits per heavy atom. The summed E-state index contributed by atoms with van der Waals surface area (Å²) in [4.78, 5) is 41.1. The second-order valence-electron chi connectivity index (χ2n) is 20.5. The molecular formula is C51H60N8O8S. The molecule has 1 saturated carbocycles. The minimum absolute atomic E-state index is 0.112. The minimum Gasteiger partial charge on any atom is -0.468 e. The first-order valence-corrected chi connectivity index (χ1v) is 25.7. The van der Waals surface area contributed by atoms with Crippen LogP contribution in [0.2, 0.25) is 0 Å². The van der Waals surface area contributed by atoms with Crippen LogP contribution in [0.5, 0.6) is 5.88 Å². The zero-order chi connectivity index (χ0) is 47.0. The Morgan fingerprint density at radius 3 is 2.51 bits per heavy atom. The first kappa shape index (κ1) is 44.7. The van der Waals surface area contributed by atoms with Crippen LogP contribution in [-0.2, 0) is 19.5 Å². The lowest BCUT2D eigenvalue weighted by Crippen LogP contribution is -2.58. The van der Waals surface area contributed by atoms with Crippen molar-refractivity contribution < 1.29 is 32.3 Å². The number of aryl methyl sites for hydroxylation is 1. The maximum absolute atomic E-state index is 14.6. The summed E-state index contributed by atoms with van der Waals surface area (Å²) in [7, 11) is -4.59. The second-order valence-corrected chi connectivity index (χ2v) is 22.2. The normalized spacial score (nSPS) is 23.8. The molecule has 0 unspecified atom stereocenters. The first-order chi connectivity index (χ1) is 32.8. The second kappa shape index (κ2) is 17.3. The fourth-order valence-electron chi connectivity index (χ4n) is 12.2. The van der Waals surface area contributed by atoms with E-state index in [2.05, 4.69) is 69.9 Å². The van der Waals surface area contributed by atoms with E-state index in [1.807, 2.05) is 35.4 Å². The molecule has 0 bridgehead atoms. The summed E-state index contributed by atoms with van der Waals surface area (Å²) < 4.78 is 48.3. The Hall–Kier alpha value is -5.75. The molecule has 4 saturated heterocycles. The van der Waals surface area contributed by atoms with E-state index in [1.165, 1.54) is 48.9 Å². The van der Waals surface area contributed by atoms with Crippen molar-refractivity contribution in [3.8, 4) is 5.88 Å². The van der Waals surface area contributed by atoms with Gasteiger partial charge in [-0.05, 0) is 137 Å². The van der Waals surface area contributed by atoms with Gasteiger partial charge in [0.25, 0.3) is 21.6 Å². The van der Waals surface area contributed by atoms with Crippen LogP contribution in [0.25, 0.3) is 11.0 Å². The highest BCUT2D eigenvalue weighted by atomic mass is 32.2. The van der Waals surface area contributed by atoms with Crippen molar-refractivity contribution in [3.63, 3.8) is 0 Å². The number of H-pyrrole nitrogens is 1. The third-order valence-electron chi connectivity index (χ3n) is 16.0. The Morgan fingerprint density at radius 2 is 1.74 bits per heavy atom. The molecular weight excluding hydrogens is 885 g/mol. The monoisotopic (exact) mass is 944 g/mol. The number of aromatic amines is 1. The van der Waals surface area contributed by atoms with E-state index < -0.39 is 37.5 Å². The number of fused-ring (bicyclic) bond motifs is 3. The Labute approximate surface area is 396 Å². The number of anilines is 4.